The smallest absolute Gasteiger partial charge is 0.465 e. The molecule has 8 heteroatoms. The van der Waals surface area contributed by atoms with E-state index in [1.54, 1.807) is 0 Å². The Hall–Kier alpha value is -1.38. The van der Waals surface area contributed by atoms with Crippen LogP contribution in [0.4, 0.5) is 4.79 Å². The monoisotopic (exact) mass is 585 g/mol. The van der Waals surface area contributed by atoms with Gasteiger partial charge in [-0.25, -0.2) is 4.79 Å². The van der Waals surface area contributed by atoms with Crippen molar-refractivity contribution >= 4 is 12.1 Å². The molecule has 0 aliphatic carbocycles. The number of nitrogens with zero attached hydrogens (tertiary/aromatic N) is 1. The van der Waals surface area contributed by atoms with Crippen molar-refractivity contribution < 1.29 is 33.3 Å². The number of likely N-dealkylation sites (tertiary alicyclic amines) is 1. The molecule has 1 rings (SSSR count). The summed E-state index contributed by atoms with van der Waals surface area (Å²) in [6.45, 7) is 11.8. The van der Waals surface area contributed by atoms with E-state index in [1.165, 1.54) is 90.1 Å². The third-order valence-corrected chi connectivity index (χ3v) is 7.49. The van der Waals surface area contributed by atoms with E-state index >= 15 is 0 Å². The van der Waals surface area contributed by atoms with Gasteiger partial charge in [0, 0.05) is 25.6 Å². The second-order valence-corrected chi connectivity index (χ2v) is 11.7. The van der Waals surface area contributed by atoms with E-state index in [4.69, 9.17) is 23.7 Å². The molecule has 1 unspecified atom stereocenters. The SMILES string of the molecule is CCCCCCCCOC(CCC(=O)OCC(C)COC(=O)OCCCCN1CCCC1)OCCCCCCCC. The first-order valence-electron chi connectivity index (χ1n) is 17.0. The molecule has 1 heterocycles. The van der Waals surface area contributed by atoms with Gasteiger partial charge in [0.25, 0.3) is 0 Å². The van der Waals surface area contributed by atoms with Crippen LogP contribution in [0.25, 0.3) is 0 Å². The number of carbonyl (C=O) groups is 2. The van der Waals surface area contributed by atoms with Crippen LogP contribution < -0.4 is 0 Å². The number of unbranched alkanes of at least 4 members (excludes halogenated alkanes) is 11. The van der Waals surface area contributed by atoms with Gasteiger partial charge in [0.05, 0.1) is 19.6 Å². The normalized spacial score (nSPS) is 14.4. The summed E-state index contributed by atoms with van der Waals surface area (Å²) >= 11 is 0. The highest BCUT2D eigenvalue weighted by atomic mass is 16.7. The van der Waals surface area contributed by atoms with Crippen molar-refractivity contribution in [1.82, 2.24) is 4.90 Å². The maximum Gasteiger partial charge on any atom is 0.508 e. The quantitative estimate of drug-likeness (QED) is 0.0518. The standard InChI is InChI=1S/C33H63NO7/c1-4-6-8-10-12-17-25-37-32(38-26-18-13-11-9-7-5-2)21-20-31(35)40-28-30(3)29-41-33(36)39-27-19-16-24-34-22-14-15-23-34/h30,32H,4-29H2,1-3H3. The molecule has 0 spiro atoms. The molecule has 0 aromatic rings. The van der Waals surface area contributed by atoms with E-state index in [0.717, 1.165) is 32.2 Å². The maximum atomic E-state index is 12.4. The Balaban J connectivity index is 2.16. The third kappa shape index (κ3) is 23.8. The van der Waals surface area contributed by atoms with Crippen molar-refractivity contribution in [3.8, 4) is 0 Å². The van der Waals surface area contributed by atoms with E-state index in [2.05, 4.69) is 18.7 Å². The highest BCUT2D eigenvalue weighted by molar-refractivity contribution is 5.69. The zero-order valence-electron chi connectivity index (χ0n) is 26.8. The summed E-state index contributed by atoms with van der Waals surface area (Å²) < 4.78 is 27.8. The van der Waals surface area contributed by atoms with Crippen LogP contribution in [-0.4, -0.2) is 76.0 Å². The Morgan fingerprint density at radius 3 is 1.80 bits per heavy atom. The minimum atomic E-state index is -0.655. The molecular formula is C33H63NO7. The number of carbonyl (C=O) groups excluding carboxylic acids is 2. The second-order valence-electron chi connectivity index (χ2n) is 11.7. The van der Waals surface area contributed by atoms with Crippen molar-refractivity contribution in [3.05, 3.63) is 0 Å². The van der Waals surface area contributed by atoms with Gasteiger partial charge in [0.15, 0.2) is 6.29 Å². The van der Waals surface area contributed by atoms with Crippen molar-refractivity contribution in [2.24, 2.45) is 5.92 Å². The molecule has 1 aliphatic heterocycles. The van der Waals surface area contributed by atoms with E-state index in [9.17, 15) is 9.59 Å². The average molecular weight is 586 g/mol. The van der Waals surface area contributed by atoms with Gasteiger partial charge in [-0.05, 0) is 58.2 Å². The molecule has 242 valence electrons. The van der Waals surface area contributed by atoms with Gasteiger partial charge in [0.2, 0.25) is 0 Å². The highest BCUT2D eigenvalue weighted by Crippen LogP contribution is 2.13. The molecule has 8 nitrogen and oxygen atoms in total. The topological polar surface area (TPSA) is 83.5 Å². The number of ether oxygens (including phenoxy) is 5. The molecule has 1 aliphatic rings. The van der Waals surface area contributed by atoms with Crippen molar-refractivity contribution in [1.29, 1.82) is 0 Å². The predicted molar refractivity (Wildman–Crippen MR) is 164 cm³/mol. The van der Waals surface area contributed by atoms with Crippen molar-refractivity contribution in [2.75, 3.05) is 52.7 Å². The Labute approximate surface area is 251 Å². The van der Waals surface area contributed by atoms with Gasteiger partial charge in [0.1, 0.15) is 6.61 Å². The van der Waals surface area contributed by atoms with E-state index in [-0.39, 0.29) is 37.8 Å². The second kappa shape index (κ2) is 27.5. The summed E-state index contributed by atoms with van der Waals surface area (Å²) in [5.74, 6) is -0.390. The summed E-state index contributed by atoms with van der Waals surface area (Å²) in [6.07, 6.45) is 18.6. The molecule has 1 atom stereocenters. The lowest BCUT2D eigenvalue weighted by molar-refractivity contribution is -0.160. The van der Waals surface area contributed by atoms with Crippen LogP contribution in [0.2, 0.25) is 0 Å². The lowest BCUT2D eigenvalue weighted by atomic mass is 10.1. The Morgan fingerprint density at radius 2 is 1.20 bits per heavy atom. The first-order valence-corrected chi connectivity index (χ1v) is 17.0. The van der Waals surface area contributed by atoms with E-state index in [0.29, 0.717) is 26.2 Å². The van der Waals surface area contributed by atoms with Gasteiger partial charge in [-0.15, -0.1) is 0 Å². The summed E-state index contributed by atoms with van der Waals surface area (Å²) in [7, 11) is 0. The molecule has 0 amide bonds. The first kappa shape index (κ1) is 37.6. The van der Waals surface area contributed by atoms with Gasteiger partial charge in [-0.3, -0.25) is 4.79 Å². The molecular weight excluding hydrogens is 522 g/mol. The van der Waals surface area contributed by atoms with Crippen LogP contribution in [0.1, 0.15) is 136 Å². The molecule has 0 aromatic carbocycles. The van der Waals surface area contributed by atoms with Crippen LogP contribution in [0.3, 0.4) is 0 Å². The third-order valence-electron chi connectivity index (χ3n) is 7.49. The van der Waals surface area contributed by atoms with Crippen LogP contribution >= 0.6 is 0 Å². The zero-order valence-corrected chi connectivity index (χ0v) is 26.8. The minimum Gasteiger partial charge on any atom is -0.465 e. The van der Waals surface area contributed by atoms with Crippen LogP contribution in [0.5, 0.6) is 0 Å². The van der Waals surface area contributed by atoms with Crippen LogP contribution in [0, 0.1) is 5.92 Å². The Morgan fingerprint density at radius 1 is 0.659 bits per heavy atom. The number of rotatable bonds is 28. The number of hydrogen-bond acceptors (Lipinski definition) is 8. The molecule has 0 saturated carbocycles. The fourth-order valence-electron chi connectivity index (χ4n) is 4.85. The average Bonchev–Trinajstić information content (AvgIpc) is 3.49. The van der Waals surface area contributed by atoms with E-state index in [1.807, 2.05) is 6.92 Å². The fraction of sp³-hybridized carbons (Fsp3) is 0.939. The summed E-state index contributed by atoms with van der Waals surface area (Å²) in [5, 5.41) is 0. The van der Waals surface area contributed by atoms with Gasteiger partial charge >= 0.3 is 12.1 Å². The molecule has 0 aromatic heterocycles. The van der Waals surface area contributed by atoms with Crippen LogP contribution in [-0.2, 0) is 28.5 Å². The molecule has 0 N–H and O–H groups in total. The number of hydrogen-bond donors (Lipinski definition) is 0. The van der Waals surface area contributed by atoms with Gasteiger partial charge in [-0.2, -0.15) is 0 Å². The van der Waals surface area contributed by atoms with Gasteiger partial charge < -0.3 is 28.6 Å². The fourth-order valence-corrected chi connectivity index (χ4v) is 4.85. The Kier molecular flexibility index (Phi) is 25.2. The first-order chi connectivity index (χ1) is 20.0. The van der Waals surface area contributed by atoms with E-state index < -0.39 is 6.16 Å². The summed E-state index contributed by atoms with van der Waals surface area (Å²) in [4.78, 5) is 26.7. The zero-order chi connectivity index (χ0) is 29.8. The maximum absolute atomic E-state index is 12.4. The Bertz CT molecular complexity index is 594. The lowest BCUT2D eigenvalue weighted by Crippen LogP contribution is -2.22. The van der Waals surface area contributed by atoms with Crippen LogP contribution in [0.15, 0.2) is 0 Å². The predicted octanol–water partition coefficient (Wildman–Crippen LogP) is 8.06. The molecule has 1 fully saturated rings. The lowest BCUT2D eigenvalue weighted by Gasteiger charge is -2.19. The summed E-state index contributed by atoms with van der Waals surface area (Å²) in [6, 6.07) is 0. The molecule has 1 saturated heterocycles. The molecule has 0 bridgehead atoms. The minimum absolute atomic E-state index is 0.106. The largest absolute Gasteiger partial charge is 0.508 e. The molecule has 41 heavy (non-hydrogen) atoms. The highest BCUT2D eigenvalue weighted by Gasteiger charge is 2.16. The molecule has 0 radical (unpaired) electrons. The van der Waals surface area contributed by atoms with Crippen molar-refractivity contribution in [3.63, 3.8) is 0 Å². The summed E-state index contributed by atoms with van der Waals surface area (Å²) in [5.41, 5.74) is 0. The van der Waals surface area contributed by atoms with Gasteiger partial charge in [-0.1, -0.05) is 85.0 Å². The number of esters is 1. The van der Waals surface area contributed by atoms with Crippen molar-refractivity contribution in [2.45, 2.75) is 143 Å².